The fourth-order valence-corrected chi connectivity index (χ4v) is 3.55. The van der Waals surface area contributed by atoms with Crippen LogP contribution in [0.4, 0.5) is 11.4 Å². The van der Waals surface area contributed by atoms with E-state index in [4.69, 9.17) is 8.94 Å². The smallest absolute Gasteiger partial charge is 0.293 e. The average molecular weight is 393 g/mol. The molecule has 0 saturated carbocycles. The zero-order valence-corrected chi connectivity index (χ0v) is 16.9. The minimum Gasteiger partial charge on any atom is -0.459 e. The van der Waals surface area contributed by atoms with Gasteiger partial charge in [-0.2, -0.15) is 0 Å². The highest BCUT2D eigenvalue weighted by Crippen LogP contribution is 2.33. The summed E-state index contributed by atoms with van der Waals surface area (Å²) in [5.74, 6) is 0.295. The van der Waals surface area contributed by atoms with Crippen LogP contribution in [-0.2, 0) is 11.8 Å². The van der Waals surface area contributed by atoms with Crippen LogP contribution in [0.3, 0.4) is 0 Å². The number of hydrogen-bond acceptors (Lipinski definition) is 5. The molecular formula is C22H23N3O4. The molecule has 0 fully saturated rings. The number of rotatable bonds is 3. The van der Waals surface area contributed by atoms with Crippen LogP contribution in [0, 0.1) is 6.92 Å². The second-order valence-electron chi connectivity index (χ2n) is 8.19. The zero-order valence-electron chi connectivity index (χ0n) is 16.9. The third-order valence-electron chi connectivity index (χ3n) is 5.02. The first-order valence-corrected chi connectivity index (χ1v) is 9.52. The van der Waals surface area contributed by atoms with E-state index < -0.39 is 0 Å². The number of hydrogen-bond donors (Lipinski definition) is 1. The predicted octanol–water partition coefficient (Wildman–Crippen LogP) is 4.33. The minimum atomic E-state index is -0.325. The number of anilines is 2. The number of aromatic nitrogens is 1. The number of nitrogens with zero attached hydrogens (tertiary/aromatic N) is 2. The van der Waals surface area contributed by atoms with Crippen molar-refractivity contribution in [2.45, 2.75) is 39.5 Å². The van der Waals surface area contributed by atoms with Crippen LogP contribution in [0.2, 0.25) is 0 Å². The molecule has 1 aliphatic rings. The maximum atomic E-state index is 13.0. The number of aryl methyl sites for hydroxylation is 1. The minimum absolute atomic E-state index is 0.192. The molecule has 0 unspecified atom stereocenters. The van der Waals surface area contributed by atoms with Gasteiger partial charge in [0, 0.05) is 23.3 Å². The monoisotopic (exact) mass is 393 g/mol. The third kappa shape index (κ3) is 3.44. The van der Waals surface area contributed by atoms with E-state index in [2.05, 4.69) is 10.5 Å². The Bertz CT molecular complexity index is 1070. The number of carbonyl (C=O) groups excluding carboxylic acids is 2. The van der Waals surface area contributed by atoms with Gasteiger partial charge in [0.05, 0.1) is 6.26 Å². The quantitative estimate of drug-likeness (QED) is 0.715. The van der Waals surface area contributed by atoms with E-state index in [1.54, 1.807) is 24.0 Å². The predicted molar refractivity (Wildman–Crippen MR) is 108 cm³/mol. The second-order valence-corrected chi connectivity index (χ2v) is 8.19. The molecule has 1 N–H and O–H groups in total. The van der Waals surface area contributed by atoms with Gasteiger partial charge in [0.15, 0.2) is 5.76 Å². The highest BCUT2D eigenvalue weighted by Gasteiger charge is 2.30. The van der Waals surface area contributed by atoms with Crippen molar-refractivity contribution in [3.05, 3.63) is 64.9 Å². The van der Waals surface area contributed by atoms with Crippen molar-refractivity contribution < 1.29 is 18.5 Å². The molecule has 7 heteroatoms. The lowest BCUT2D eigenvalue weighted by molar-refractivity contribution is 0.0962. The summed E-state index contributed by atoms with van der Waals surface area (Å²) in [5.41, 5.74) is 3.18. The fraction of sp³-hybridized carbons (Fsp3) is 0.318. The van der Waals surface area contributed by atoms with E-state index in [0.717, 1.165) is 17.7 Å². The molecule has 0 aliphatic carbocycles. The van der Waals surface area contributed by atoms with Crippen molar-refractivity contribution in [2.24, 2.45) is 0 Å². The van der Waals surface area contributed by atoms with Crippen LogP contribution in [0.25, 0.3) is 0 Å². The van der Waals surface area contributed by atoms with Crippen molar-refractivity contribution in [1.82, 2.24) is 5.16 Å². The molecule has 150 valence electrons. The largest absolute Gasteiger partial charge is 0.459 e. The third-order valence-corrected chi connectivity index (χ3v) is 5.02. The molecule has 1 aromatic carbocycles. The molecule has 3 aromatic rings. The summed E-state index contributed by atoms with van der Waals surface area (Å²) < 4.78 is 10.5. The summed E-state index contributed by atoms with van der Waals surface area (Å²) in [6, 6.07) is 8.94. The van der Waals surface area contributed by atoms with Crippen LogP contribution in [0.5, 0.6) is 0 Å². The summed E-state index contributed by atoms with van der Waals surface area (Å²) >= 11 is 0. The molecule has 0 atom stereocenters. The highest BCUT2D eigenvalue weighted by atomic mass is 16.5. The number of fused-ring (bicyclic) bond motifs is 1. The Morgan fingerprint density at radius 2 is 2.00 bits per heavy atom. The molecule has 0 radical (unpaired) electrons. The molecule has 0 bridgehead atoms. The summed E-state index contributed by atoms with van der Waals surface area (Å²) in [6.45, 7) is 8.24. The maximum Gasteiger partial charge on any atom is 0.293 e. The number of benzene rings is 1. The first-order chi connectivity index (χ1) is 13.8. The molecule has 29 heavy (non-hydrogen) atoms. The van der Waals surface area contributed by atoms with Gasteiger partial charge in [-0.05, 0) is 43.2 Å². The average Bonchev–Trinajstić information content (AvgIpc) is 3.39. The molecule has 2 amide bonds. The Morgan fingerprint density at radius 1 is 1.21 bits per heavy atom. The Balaban J connectivity index is 1.61. The van der Waals surface area contributed by atoms with E-state index >= 15 is 0 Å². The lowest BCUT2D eigenvalue weighted by Gasteiger charge is -2.18. The van der Waals surface area contributed by atoms with Gasteiger partial charge in [-0.25, -0.2) is 0 Å². The van der Waals surface area contributed by atoms with Crippen molar-refractivity contribution in [1.29, 1.82) is 0 Å². The van der Waals surface area contributed by atoms with Gasteiger partial charge in [-0.15, -0.1) is 0 Å². The Hall–Kier alpha value is -3.35. The molecule has 7 nitrogen and oxygen atoms in total. The molecule has 1 aliphatic heterocycles. The van der Waals surface area contributed by atoms with Gasteiger partial charge in [0.2, 0.25) is 0 Å². The number of nitrogens with one attached hydrogen (secondary N) is 1. The van der Waals surface area contributed by atoms with Gasteiger partial charge in [-0.1, -0.05) is 32.0 Å². The number of carbonyl (C=O) groups is 2. The van der Waals surface area contributed by atoms with Crippen LogP contribution in [0.15, 0.2) is 45.5 Å². The lowest BCUT2D eigenvalue weighted by Crippen LogP contribution is -2.28. The molecule has 0 spiro atoms. The first kappa shape index (κ1) is 19.0. The van der Waals surface area contributed by atoms with Crippen molar-refractivity contribution >= 4 is 23.2 Å². The van der Waals surface area contributed by atoms with E-state index in [1.165, 1.54) is 6.26 Å². The Morgan fingerprint density at radius 3 is 2.69 bits per heavy atom. The van der Waals surface area contributed by atoms with Gasteiger partial charge in [-0.3, -0.25) is 9.59 Å². The SMILES string of the molecule is Cc1onc(C(C)(C)C)c1C(=O)Nc1ccc2c(c1)N(C(=O)c1ccco1)CC2. The fourth-order valence-electron chi connectivity index (χ4n) is 3.55. The van der Waals surface area contributed by atoms with E-state index in [9.17, 15) is 9.59 Å². The molecule has 3 heterocycles. The van der Waals surface area contributed by atoms with Crippen LogP contribution >= 0.6 is 0 Å². The van der Waals surface area contributed by atoms with Crippen molar-refractivity contribution in [3.63, 3.8) is 0 Å². The van der Waals surface area contributed by atoms with Gasteiger partial charge in [0.25, 0.3) is 11.8 Å². The molecule has 4 rings (SSSR count). The second kappa shape index (κ2) is 6.92. The molecular weight excluding hydrogens is 370 g/mol. The van der Waals surface area contributed by atoms with E-state index in [1.807, 2.05) is 39.0 Å². The standard InChI is InChI=1S/C22H23N3O4/c1-13-18(19(24-29-13)22(2,3)4)20(26)23-15-8-7-14-9-10-25(16(14)12-15)21(27)17-6-5-11-28-17/h5-8,11-12H,9-10H2,1-4H3,(H,23,26). The van der Waals surface area contributed by atoms with Crippen LogP contribution < -0.4 is 10.2 Å². The molecule has 2 aromatic heterocycles. The van der Waals surface area contributed by atoms with E-state index in [-0.39, 0.29) is 17.2 Å². The van der Waals surface area contributed by atoms with E-state index in [0.29, 0.717) is 35.0 Å². The summed E-state index contributed by atoms with van der Waals surface area (Å²) in [4.78, 5) is 27.3. The summed E-state index contributed by atoms with van der Waals surface area (Å²) in [7, 11) is 0. The van der Waals surface area contributed by atoms with Gasteiger partial charge in [0.1, 0.15) is 17.0 Å². The maximum absolute atomic E-state index is 13.0. The van der Waals surface area contributed by atoms with Crippen molar-refractivity contribution in [2.75, 3.05) is 16.8 Å². The normalized spacial score (nSPS) is 13.4. The van der Waals surface area contributed by atoms with Gasteiger partial charge < -0.3 is 19.2 Å². The summed E-state index contributed by atoms with van der Waals surface area (Å²) in [6.07, 6.45) is 2.24. The van der Waals surface area contributed by atoms with Gasteiger partial charge >= 0.3 is 0 Å². The Labute approximate surface area is 168 Å². The molecule has 0 saturated heterocycles. The van der Waals surface area contributed by atoms with Crippen LogP contribution in [0.1, 0.15) is 58.7 Å². The summed E-state index contributed by atoms with van der Waals surface area (Å²) in [5, 5.41) is 6.99. The highest BCUT2D eigenvalue weighted by molar-refractivity contribution is 6.08. The topological polar surface area (TPSA) is 88.6 Å². The number of furan rings is 1. The lowest BCUT2D eigenvalue weighted by atomic mass is 9.88. The van der Waals surface area contributed by atoms with Crippen LogP contribution in [-0.4, -0.2) is 23.5 Å². The Kier molecular flexibility index (Phi) is 4.53. The van der Waals surface area contributed by atoms with Crippen molar-refractivity contribution in [3.8, 4) is 0 Å². The first-order valence-electron chi connectivity index (χ1n) is 9.52. The zero-order chi connectivity index (χ0) is 20.8. The number of amides is 2.